The monoisotopic (exact) mass is 525 g/mol. The van der Waals surface area contributed by atoms with Crippen molar-refractivity contribution < 1.29 is 23.5 Å². The van der Waals surface area contributed by atoms with Crippen molar-refractivity contribution in [1.29, 1.82) is 0 Å². The number of aromatic nitrogens is 1. The third-order valence-electron chi connectivity index (χ3n) is 6.63. The summed E-state index contributed by atoms with van der Waals surface area (Å²) >= 11 is 1.31. The molecule has 0 N–H and O–H groups in total. The average molecular weight is 526 g/mol. The minimum absolute atomic E-state index is 0.0104. The van der Waals surface area contributed by atoms with Gasteiger partial charge in [-0.15, -0.1) is 11.3 Å². The van der Waals surface area contributed by atoms with Gasteiger partial charge in [-0.05, 0) is 43.9 Å². The van der Waals surface area contributed by atoms with Gasteiger partial charge in [0.1, 0.15) is 17.0 Å². The summed E-state index contributed by atoms with van der Waals surface area (Å²) in [6.07, 6.45) is 4.74. The summed E-state index contributed by atoms with van der Waals surface area (Å²) in [7, 11) is 3.38. The number of ether oxygens (including phenoxy) is 1. The maximum absolute atomic E-state index is 13.8. The molecule has 0 aliphatic rings. The summed E-state index contributed by atoms with van der Waals surface area (Å²) in [6, 6.07) is 7.66. The van der Waals surface area contributed by atoms with Gasteiger partial charge in [-0.1, -0.05) is 32.0 Å². The molecule has 0 saturated carbocycles. The van der Waals surface area contributed by atoms with Gasteiger partial charge in [0.25, 0.3) is 0 Å². The zero-order valence-electron chi connectivity index (χ0n) is 22.3. The van der Waals surface area contributed by atoms with E-state index >= 15 is 0 Å². The van der Waals surface area contributed by atoms with Crippen LogP contribution in [-0.4, -0.2) is 55.2 Å². The smallest absolute Gasteiger partial charge is 0.236 e. The molecule has 3 rings (SSSR count). The van der Waals surface area contributed by atoms with Crippen molar-refractivity contribution in [3.63, 3.8) is 0 Å². The summed E-state index contributed by atoms with van der Waals surface area (Å²) in [5.41, 5.74) is 2.15. The van der Waals surface area contributed by atoms with Gasteiger partial charge >= 0.3 is 0 Å². The van der Waals surface area contributed by atoms with E-state index in [0.29, 0.717) is 52.8 Å². The molecule has 8 nitrogen and oxygen atoms in total. The van der Waals surface area contributed by atoms with Crippen molar-refractivity contribution in [2.45, 2.75) is 40.5 Å². The maximum atomic E-state index is 13.8. The van der Waals surface area contributed by atoms with E-state index in [-0.39, 0.29) is 17.6 Å². The number of Topliss-reactive ketones (excluding diaryl/α,β-unsaturated/α-hetero) is 1. The molecule has 0 aliphatic heterocycles. The number of thiophene rings is 1. The molecule has 0 aliphatic carbocycles. The predicted octanol–water partition coefficient (Wildman–Crippen LogP) is 5.25. The summed E-state index contributed by atoms with van der Waals surface area (Å²) in [5.74, 6) is 0.332. The van der Waals surface area contributed by atoms with Crippen LogP contribution in [0.4, 0.5) is 5.00 Å². The van der Waals surface area contributed by atoms with Crippen LogP contribution in [-0.2, 0) is 16.0 Å². The predicted molar refractivity (Wildman–Crippen MR) is 145 cm³/mol. The minimum atomic E-state index is -0.420. The Morgan fingerprint density at radius 2 is 1.95 bits per heavy atom. The highest BCUT2D eigenvalue weighted by molar-refractivity contribution is 7.20. The molecule has 2 unspecified atom stereocenters. The molecule has 0 radical (unpaired) electrons. The Hall–Kier alpha value is -3.46. The number of benzene rings is 1. The highest BCUT2D eigenvalue weighted by Crippen LogP contribution is 2.42. The maximum Gasteiger partial charge on any atom is 0.236 e. The molecular formula is C28H35N3O5S. The normalized spacial score (nSPS) is 12.6. The molecule has 0 bridgehead atoms. The minimum Gasteiger partial charge on any atom is -0.496 e. The molecule has 2 aromatic heterocycles. The Balaban J connectivity index is 1.95. The second kappa shape index (κ2) is 12.7. The first-order chi connectivity index (χ1) is 17.7. The van der Waals surface area contributed by atoms with Crippen molar-refractivity contribution >= 4 is 34.4 Å². The molecule has 198 valence electrons. The van der Waals surface area contributed by atoms with Crippen LogP contribution in [0, 0.1) is 18.8 Å². The first-order valence-electron chi connectivity index (χ1n) is 12.4. The lowest BCUT2D eigenvalue weighted by Gasteiger charge is -2.23. The van der Waals surface area contributed by atoms with Crippen LogP contribution in [0.25, 0.3) is 10.8 Å². The van der Waals surface area contributed by atoms with Crippen LogP contribution in [0.1, 0.15) is 48.7 Å². The lowest BCUT2D eigenvalue weighted by Crippen LogP contribution is -2.33. The number of rotatable bonds is 13. The molecule has 3 aromatic rings. The van der Waals surface area contributed by atoms with E-state index in [1.807, 2.05) is 52.0 Å². The molecule has 0 spiro atoms. The first-order valence-corrected chi connectivity index (χ1v) is 13.2. The van der Waals surface area contributed by atoms with E-state index in [4.69, 9.17) is 9.15 Å². The Labute approximate surface area is 222 Å². The quantitative estimate of drug-likeness (QED) is 0.224. The van der Waals surface area contributed by atoms with Gasteiger partial charge in [0.2, 0.25) is 18.2 Å². The van der Waals surface area contributed by atoms with Crippen LogP contribution >= 0.6 is 11.3 Å². The number of amides is 2. The SMILES string of the molecule is CCN(C)C(=O)C(C)CC(C)C(=O)c1c(N(C=O)CCc2ccccc2OC)sc(-c2ncco2)c1C. The molecule has 2 heterocycles. The molecule has 1 aromatic carbocycles. The average Bonchev–Trinajstić information content (AvgIpc) is 3.56. The largest absolute Gasteiger partial charge is 0.496 e. The standard InChI is InChI=1S/C28H35N3O5S/c1-7-30(5)27(34)19(3)16-18(2)24(33)23-20(4)25(26-29-13-15-36-26)37-28(23)31(17-32)14-12-21-10-8-9-11-22(21)35-6/h8-11,13,15,17-19H,7,12,14,16H2,1-6H3. The number of hydrogen-bond donors (Lipinski definition) is 0. The molecule has 0 fully saturated rings. The van der Waals surface area contributed by atoms with E-state index in [0.717, 1.165) is 17.7 Å². The number of carbonyl (C=O) groups is 3. The molecule has 2 amide bonds. The van der Waals surface area contributed by atoms with Gasteiger partial charge in [0.15, 0.2) is 5.78 Å². The number of nitrogens with zero attached hydrogens (tertiary/aromatic N) is 3. The zero-order chi connectivity index (χ0) is 27.1. The topological polar surface area (TPSA) is 93.0 Å². The highest BCUT2D eigenvalue weighted by Gasteiger charge is 2.31. The van der Waals surface area contributed by atoms with Crippen LogP contribution in [0.15, 0.2) is 41.1 Å². The van der Waals surface area contributed by atoms with Crippen LogP contribution in [0.3, 0.4) is 0 Å². The van der Waals surface area contributed by atoms with Gasteiger partial charge in [-0.3, -0.25) is 14.4 Å². The number of carbonyl (C=O) groups excluding carboxylic acids is 3. The van der Waals surface area contributed by atoms with Gasteiger partial charge in [0.05, 0.1) is 23.7 Å². The fourth-order valence-corrected chi connectivity index (χ4v) is 5.64. The fourth-order valence-electron chi connectivity index (χ4n) is 4.40. The van der Waals surface area contributed by atoms with Crippen LogP contribution in [0.5, 0.6) is 5.75 Å². The highest BCUT2D eigenvalue weighted by atomic mass is 32.1. The van der Waals surface area contributed by atoms with E-state index in [9.17, 15) is 14.4 Å². The third kappa shape index (κ3) is 6.28. The summed E-state index contributed by atoms with van der Waals surface area (Å²) in [5, 5.41) is 0.553. The second-order valence-electron chi connectivity index (χ2n) is 9.19. The molecule has 9 heteroatoms. The fraction of sp³-hybridized carbons (Fsp3) is 0.429. The third-order valence-corrected chi connectivity index (χ3v) is 7.95. The Bertz CT molecular complexity index is 1220. The van der Waals surface area contributed by atoms with Gasteiger partial charge in [0, 0.05) is 32.0 Å². The van der Waals surface area contributed by atoms with E-state index in [2.05, 4.69) is 4.98 Å². The summed E-state index contributed by atoms with van der Waals surface area (Å²) < 4.78 is 11.0. The number of para-hydroxylation sites is 1. The van der Waals surface area contributed by atoms with Gasteiger partial charge < -0.3 is 19.0 Å². The number of hydrogen-bond acceptors (Lipinski definition) is 7. The van der Waals surface area contributed by atoms with Gasteiger partial charge in [-0.25, -0.2) is 4.98 Å². The van der Waals surface area contributed by atoms with Crippen molar-refractivity contribution in [2.75, 3.05) is 32.1 Å². The summed E-state index contributed by atoms with van der Waals surface area (Å²) in [6.45, 7) is 8.43. The number of ketones is 1. The van der Waals surface area contributed by atoms with Crippen LogP contribution < -0.4 is 9.64 Å². The Morgan fingerprint density at radius 3 is 2.57 bits per heavy atom. The molecule has 0 saturated heterocycles. The number of methoxy groups -OCH3 is 1. The van der Waals surface area contributed by atoms with Crippen molar-refractivity contribution in [1.82, 2.24) is 9.88 Å². The number of anilines is 1. The van der Waals surface area contributed by atoms with E-state index in [1.165, 1.54) is 17.6 Å². The number of oxazole rings is 1. The van der Waals surface area contributed by atoms with Crippen molar-refractivity contribution in [2.24, 2.45) is 11.8 Å². The summed E-state index contributed by atoms with van der Waals surface area (Å²) in [4.78, 5) is 47.0. The van der Waals surface area contributed by atoms with Crippen molar-refractivity contribution in [3.05, 3.63) is 53.4 Å². The van der Waals surface area contributed by atoms with Crippen LogP contribution in [0.2, 0.25) is 0 Å². The van der Waals surface area contributed by atoms with Gasteiger partial charge in [-0.2, -0.15) is 0 Å². The molecule has 2 atom stereocenters. The lowest BCUT2D eigenvalue weighted by molar-refractivity contribution is -0.133. The second-order valence-corrected chi connectivity index (χ2v) is 10.2. The Morgan fingerprint density at radius 1 is 1.22 bits per heavy atom. The first kappa shape index (κ1) is 28.1. The molecular weight excluding hydrogens is 490 g/mol. The zero-order valence-corrected chi connectivity index (χ0v) is 23.1. The van der Waals surface area contributed by atoms with E-state index < -0.39 is 5.92 Å². The molecule has 37 heavy (non-hydrogen) atoms. The Kier molecular flexibility index (Phi) is 9.63. The van der Waals surface area contributed by atoms with Crippen molar-refractivity contribution in [3.8, 4) is 16.5 Å². The lowest BCUT2D eigenvalue weighted by atomic mass is 9.89. The van der Waals surface area contributed by atoms with E-state index in [1.54, 1.807) is 30.2 Å².